The highest BCUT2D eigenvalue weighted by Crippen LogP contribution is 2.07. The van der Waals surface area contributed by atoms with Gasteiger partial charge in [-0.2, -0.15) is 0 Å². The van der Waals surface area contributed by atoms with Crippen LogP contribution >= 0.6 is 15.9 Å². The summed E-state index contributed by atoms with van der Waals surface area (Å²) < 4.78 is 5.88. The number of nitrogens with zero attached hydrogens (tertiary/aromatic N) is 1. The molecule has 1 heterocycles. The zero-order valence-electron chi connectivity index (χ0n) is 10.7. The van der Waals surface area contributed by atoms with Gasteiger partial charge in [-0.1, -0.05) is 12.1 Å². The van der Waals surface area contributed by atoms with E-state index in [1.165, 1.54) is 0 Å². The minimum Gasteiger partial charge on any atom is -0.444 e. The molecule has 1 aromatic rings. The van der Waals surface area contributed by atoms with E-state index < -0.39 is 11.7 Å². The van der Waals surface area contributed by atoms with Crippen LogP contribution in [0.25, 0.3) is 6.08 Å². The number of nitrogens with one attached hydrogen (secondary N) is 1. The molecule has 0 aliphatic heterocycles. The van der Waals surface area contributed by atoms with Crippen LogP contribution in [-0.2, 0) is 4.74 Å². The lowest BCUT2D eigenvalue weighted by molar-refractivity contribution is 0.0534. The number of carbonyl (C=O) groups excluding carboxylic acids is 1. The molecule has 1 N–H and O–H groups in total. The molecule has 0 aromatic carbocycles. The Hall–Kier alpha value is -1.36. The van der Waals surface area contributed by atoms with Gasteiger partial charge >= 0.3 is 6.09 Å². The number of alkyl carbamates (subject to hydrolysis) is 1. The van der Waals surface area contributed by atoms with E-state index in [0.29, 0.717) is 6.54 Å². The number of hydrogen-bond acceptors (Lipinski definition) is 3. The molecular weight excluding hydrogens is 296 g/mol. The third-order valence-electron chi connectivity index (χ3n) is 1.79. The van der Waals surface area contributed by atoms with Gasteiger partial charge in [0.15, 0.2) is 0 Å². The molecule has 0 radical (unpaired) electrons. The zero-order valence-corrected chi connectivity index (χ0v) is 12.3. The Morgan fingerprint density at radius 3 is 2.83 bits per heavy atom. The van der Waals surface area contributed by atoms with E-state index in [9.17, 15) is 4.79 Å². The van der Waals surface area contributed by atoms with Crippen molar-refractivity contribution in [2.45, 2.75) is 26.4 Å². The monoisotopic (exact) mass is 312 g/mol. The Morgan fingerprint density at radius 1 is 1.50 bits per heavy atom. The average molecular weight is 313 g/mol. The van der Waals surface area contributed by atoms with Crippen LogP contribution in [0, 0.1) is 0 Å². The van der Waals surface area contributed by atoms with Gasteiger partial charge < -0.3 is 10.1 Å². The third kappa shape index (κ3) is 6.39. The maximum Gasteiger partial charge on any atom is 0.407 e. The molecular formula is C13H17BrN2O2. The van der Waals surface area contributed by atoms with Crippen LogP contribution in [0.15, 0.2) is 28.9 Å². The second-order valence-corrected chi connectivity index (χ2v) is 5.48. The predicted molar refractivity (Wildman–Crippen MR) is 75.2 cm³/mol. The number of amides is 1. The molecule has 0 fully saturated rings. The van der Waals surface area contributed by atoms with E-state index in [1.807, 2.05) is 51.1 Å². The molecule has 0 saturated carbocycles. The van der Waals surface area contributed by atoms with Crippen molar-refractivity contribution in [3.05, 3.63) is 34.6 Å². The van der Waals surface area contributed by atoms with Crippen molar-refractivity contribution in [1.82, 2.24) is 10.3 Å². The number of ether oxygens (including phenoxy) is 1. The van der Waals surface area contributed by atoms with Crippen molar-refractivity contribution in [2.75, 3.05) is 6.54 Å². The second-order valence-electron chi connectivity index (χ2n) is 4.67. The van der Waals surface area contributed by atoms with Crippen molar-refractivity contribution in [1.29, 1.82) is 0 Å². The van der Waals surface area contributed by atoms with E-state index in [4.69, 9.17) is 4.74 Å². The summed E-state index contributed by atoms with van der Waals surface area (Å²) >= 11 is 3.29. The Balaban J connectivity index is 2.36. The van der Waals surface area contributed by atoms with Crippen LogP contribution in [0.1, 0.15) is 26.5 Å². The first-order valence-electron chi connectivity index (χ1n) is 5.63. The molecule has 0 bridgehead atoms. The smallest absolute Gasteiger partial charge is 0.407 e. The Labute approximate surface area is 116 Å². The third-order valence-corrected chi connectivity index (χ3v) is 2.23. The van der Waals surface area contributed by atoms with Gasteiger partial charge in [-0.15, -0.1) is 0 Å². The first kappa shape index (κ1) is 14.7. The minimum absolute atomic E-state index is 0.406. The topological polar surface area (TPSA) is 51.2 Å². The van der Waals surface area contributed by atoms with E-state index >= 15 is 0 Å². The first-order chi connectivity index (χ1) is 8.37. The number of rotatable bonds is 3. The SMILES string of the molecule is CC(C)(C)OC(=O)NCC=Cc1cccc(Br)n1. The molecule has 0 atom stereocenters. The van der Waals surface area contributed by atoms with Gasteiger partial charge in [0.25, 0.3) is 0 Å². The summed E-state index contributed by atoms with van der Waals surface area (Å²) in [5.41, 5.74) is 0.356. The predicted octanol–water partition coefficient (Wildman–Crippen LogP) is 3.38. The highest BCUT2D eigenvalue weighted by Gasteiger charge is 2.14. The van der Waals surface area contributed by atoms with Crippen LogP contribution < -0.4 is 5.32 Å². The van der Waals surface area contributed by atoms with Gasteiger partial charge in [0, 0.05) is 6.54 Å². The van der Waals surface area contributed by atoms with E-state index in [-0.39, 0.29) is 0 Å². The standard InChI is InChI=1S/C13H17BrN2O2/c1-13(2,3)18-12(17)15-9-5-7-10-6-4-8-11(14)16-10/h4-8H,9H2,1-3H3,(H,15,17). The fourth-order valence-corrected chi connectivity index (χ4v) is 1.51. The van der Waals surface area contributed by atoms with Gasteiger partial charge in [-0.25, -0.2) is 9.78 Å². The molecule has 1 aromatic heterocycles. The van der Waals surface area contributed by atoms with Crippen molar-refractivity contribution in [3.8, 4) is 0 Å². The Kier molecular flexibility index (Phi) is 5.34. The summed E-state index contributed by atoms with van der Waals surface area (Å²) in [7, 11) is 0. The molecule has 18 heavy (non-hydrogen) atoms. The number of hydrogen-bond donors (Lipinski definition) is 1. The van der Waals surface area contributed by atoms with Gasteiger partial charge in [0.2, 0.25) is 0 Å². The molecule has 1 rings (SSSR count). The molecule has 0 aliphatic carbocycles. The van der Waals surface area contributed by atoms with Crippen molar-refractivity contribution in [2.24, 2.45) is 0 Å². The largest absolute Gasteiger partial charge is 0.444 e. The minimum atomic E-state index is -0.473. The van der Waals surface area contributed by atoms with Crippen molar-refractivity contribution >= 4 is 28.1 Å². The summed E-state index contributed by atoms with van der Waals surface area (Å²) in [6.07, 6.45) is 3.23. The molecule has 4 nitrogen and oxygen atoms in total. The molecule has 0 saturated heterocycles. The van der Waals surface area contributed by atoms with Crippen molar-refractivity contribution < 1.29 is 9.53 Å². The summed E-state index contributed by atoms with van der Waals surface area (Å²) in [5, 5.41) is 2.64. The molecule has 0 unspecified atom stereocenters. The van der Waals surface area contributed by atoms with Crippen LogP contribution in [0.2, 0.25) is 0 Å². The average Bonchev–Trinajstić information content (AvgIpc) is 2.22. The van der Waals surface area contributed by atoms with Crippen molar-refractivity contribution in [3.63, 3.8) is 0 Å². The molecule has 1 amide bonds. The van der Waals surface area contributed by atoms with Crippen LogP contribution in [0.5, 0.6) is 0 Å². The number of pyridine rings is 1. The number of aromatic nitrogens is 1. The fourth-order valence-electron chi connectivity index (χ4n) is 1.15. The highest BCUT2D eigenvalue weighted by molar-refractivity contribution is 9.10. The zero-order chi connectivity index (χ0) is 13.6. The van der Waals surface area contributed by atoms with Crippen LogP contribution in [-0.4, -0.2) is 23.2 Å². The highest BCUT2D eigenvalue weighted by atomic mass is 79.9. The number of carbonyl (C=O) groups is 1. The number of halogens is 1. The summed E-state index contributed by atoms with van der Waals surface area (Å²) in [6, 6.07) is 5.64. The summed E-state index contributed by atoms with van der Waals surface area (Å²) in [5.74, 6) is 0. The second kappa shape index (κ2) is 6.54. The quantitative estimate of drug-likeness (QED) is 0.870. The summed E-state index contributed by atoms with van der Waals surface area (Å²) in [6.45, 7) is 5.89. The molecule has 5 heteroatoms. The molecule has 0 spiro atoms. The van der Waals surface area contributed by atoms with Crippen LogP contribution in [0.3, 0.4) is 0 Å². The van der Waals surface area contributed by atoms with E-state index in [1.54, 1.807) is 0 Å². The lowest BCUT2D eigenvalue weighted by atomic mass is 10.2. The maximum atomic E-state index is 11.3. The van der Waals surface area contributed by atoms with Gasteiger partial charge in [0.1, 0.15) is 10.2 Å². The lowest BCUT2D eigenvalue weighted by Crippen LogP contribution is -2.32. The van der Waals surface area contributed by atoms with Gasteiger partial charge in [-0.05, 0) is 54.9 Å². The summed E-state index contributed by atoms with van der Waals surface area (Å²) in [4.78, 5) is 15.6. The molecule has 98 valence electrons. The van der Waals surface area contributed by atoms with Crippen LogP contribution in [0.4, 0.5) is 4.79 Å². The van der Waals surface area contributed by atoms with Gasteiger partial charge in [-0.3, -0.25) is 0 Å². The van der Waals surface area contributed by atoms with E-state index in [0.717, 1.165) is 10.3 Å². The maximum absolute atomic E-state index is 11.3. The fraction of sp³-hybridized carbons (Fsp3) is 0.385. The van der Waals surface area contributed by atoms with Gasteiger partial charge in [0.05, 0.1) is 5.69 Å². The first-order valence-corrected chi connectivity index (χ1v) is 6.42. The normalized spacial score (nSPS) is 11.6. The lowest BCUT2D eigenvalue weighted by Gasteiger charge is -2.19. The molecule has 0 aliphatic rings. The Bertz CT molecular complexity index is 439. The van der Waals surface area contributed by atoms with E-state index in [2.05, 4.69) is 26.2 Å². The Morgan fingerprint density at radius 2 is 2.22 bits per heavy atom.